The third kappa shape index (κ3) is 4.92. The van der Waals surface area contributed by atoms with Crippen LogP contribution in [0.3, 0.4) is 0 Å². The maximum atomic E-state index is 6.43. The molecule has 3 heteroatoms. The molecule has 26 heavy (non-hydrogen) atoms. The van der Waals surface area contributed by atoms with Gasteiger partial charge in [0, 0.05) is 0 Å². The highest BCUT2D eigenvalue weighted by molar-refractivity contribution is 6.47. The molecule has 1 aromatic rings. The number of hydrogen-bond donors (Lipinski definition) is 0. The Morgan fingerprint density at radius 3 is 2.19 bits per heavy atom. The quantitative estimate of drug-likeness (QED) is 0.394. The second kappa shape index (κ2) is 8.48. The number of benzene rings is 1. The number of aryl methyl sites for hydroxylation is 1. The lowest BCUT2D eigenvalue weighted by Gasteiger charge is -2.32. The summed E-state index contributed by atoms with van der Waals surface area (Å²) in [7, 11) is -0.0303. The zero-order valence-electron chi connectivity index (χ0n) is 17.3. The molecule has 1 aromatic carbocycles. The standard InChI is InChI=1S/C23H37BO2/c1-22(2)23(3,4)26-24(25-22)21(18-20-15-8-9-16-20)17-11-10-14-19-12-6-5-7-13-19/h5-7,12-13,20-21H,8-11,14-18H2,1-4H3/t21-/m0/s1. The van der Waals surface area contributed by atoms with E-state index in [1.807, 2.05) is 0 Å². The first-order valence-corrected chi connectivity index (χ1v) is 10.8. The summed E-state index contributed by atoms with van der Waals surface area (Å²) in [5.41, 5.74) is 1.03. The average molecular weight is 356 g/mol. The first kappa shape index (κ1) is 20.0. The van der Waals surface area contributed by atoms with Crippen LogP contribution in [0.4, 0.5) is 0 Å². The Bertz CT molecular complexity index is 533. The summed E-state index contributed by atoms with van der Waals surface area (Å²) in [5, 5.41) is 0. The Morgan fingerprint density at radius 1 is 0.962 bits per heavy atom. The minimum atomic E-state index is -0.213. The monoisotopic (exact) mass is 356 g/mol. The molecule has 0 N–H and O–H groups in total. The molecule has 2 fully saturated rings. The van der Waals surface area contributed by atoms with Crippen LogP contribution in [0, 0.1) is 5.92 Å². The molecule has 0 amide bonds. The van der Waals surface area contributed by atoms with Gasteiger partial charge in [-0.2, -0.15) is 0 Å². The molecule has 144 valence electrons. The minimum Gasteiger partial charge on any atom is -0.403 e. The highest BCUT2D eigenvalue weighted by atomic mass is 16.7. The van der Waals surface area contributed by atoms with E-state index < -0.39 is 0 Å². The molecule has 0 spiro atoms. The molecule has 1 aliphatic carbocycles. The first-order valence-electron chi connectivity index (χ1n) is 10.8. The van der Waals surface area contributed by atoms with Gasteiger partial charge in [0.05, 0.1) is 11.2 Å². The Hall–Kier alpha value is -0.795. The lowest BCUT2D eigenvalue weighted by molar-refractivity contribution is 0.00578. The Kier molecular flexibility index (Phi) is 6.51. The van der Waals surface area contributed by atoms with E-state index in [-0.39, 0.29) is 18.3 Å². The van der Waals surface area contributed by atoms with Gasteiger partial charge in [0.25, 0.3) is 0 Å². The molecule has 0 unspecified atom stereocenters. The smallest absolute Gasteiger partial charge is 0.403 e. The zero-order chi connectivity index (χ0) is 18.6. The van der Waals surface area contributed by atoms with E-state index in [0.29, 0.717) is 5.82 Å². The van der Waals surface area contributed by atoms with Crippen molar-refractivity contribution in [2.75, 3.05) is 0 Å². The highest BCUT2D eigenvalue weighted by Gasteiger charge is 2.53. The van der Waals surface area contributed by atoms with Crippen LogP contribution in [0.1, 0.15) is 84.6 Å². The van der Waals surface area contributed by atoms with Crippen LogP contribution in [0.5, 0.6) is 0 Å². The Labute approximate surface area is 161 Å². The molecule has 0 bridgehead atoms. The van der Waals surface area contributed by atoms with E-state index in [1.165, 1.54) is 63.4 Å². The SMILES string of the molecule is CC1(C)OB([C@@H](CCCCc2ccccc2)CC2CCCC2)OC1(C)C. The number of unbranched alkanes of at least 4 members (excludes halogenated alkanes) is 1. The van der Waals surface area contributed by atoms with Gasteiger partial charge in [-0.3, -0.25) is 0 Å². The summed E-state index contributed by atoms with van der Waals surface area (Å²) in [6, 6.07) is 10.9. The van der Waals surface area contributed by atoms with Crippen molar-refractivity contribution in [2.45, 2.75) is 103 Å². The average Bonchev–Trinajstić information content (AvgIpc) is 3.17. The molecule has 1 saturated carbocycles. The second-order valence-corrected chi connectivity index (χ2v) is 9.50. The second-order valence-electron chi connectivity index (χ2n) is 9.50. The van der Waals surface area contributed by atoms with Crippen molar-refractivity contribution >= 4 is 7.12 Å². The van der Waals surface area contributed by atoms with Crippen molar-refractivity contribution in [3.63, 3.8) is 0 Å². The van der Waals surface area contributed by atoms with E-state index in [1.54, 1.807) is 0 Å². The molecular weight excluding hydrogens is 319 g/mol. The summed E-state index contributed by atoms with van der Waals surface area (Å²) in [5.74, 6) is 1.42. The fraction of sp³-hybridized carbons (Fsp3) is 0.739. The fourth-order valence-corrected chi connectivity index (χ4v) is 4.50. The topological polar surface area (TPSA) is 18.5 Å². The molecule has 1 heterocycles. The van der Waals surface area contributed by atoms with Gasteiger partial charge in [-0.1, -0.05) is 68.9 Å². The summed E-state index contributed by atoms with van der Waals surface area (Å²) in [6.07, 6.45) is 11.8. The van der Waals surface area contributed by atoms with Crippen molar-refractivity contribution in [3.8, 4) is 0 Å². The van der Waals surface area contributed by atoms with Crippen LogP contribution in [-0.4, -0.2) is 18.3 Å². The van der Waals surface area contributed by atoms with Gasteiger partial charge in [0.1, 0.15) is 0 Å². The predicted molar refractivity (Wildman–Crippen MR) is 110 cm³/mol. The molecule has 1 saturated heterocycles. The van der Waals surface area contributed by atoms with Gasteiger partial charge in [0.15, 0.2) is 0 Å². The van der Waals surface area contributed by atoms with Gasteiger partial charge in [-0.05, 0) is 64.3 Å². The van der Waals surface area contributed by atoms with Crippen LogP contribution in [-0.2, 0) is 15.7 Å². The van der Waals surface area contributed by atoms with E-state index >= 15 is 0 Å². The molecule has 2 nitrogen and oxygen atoms in total. The molecule has 3 rings (SSSR count). The van der Waals surface area contributed by atoms with Gasteiger partial charge < -0.3 is 9.31 Å². The van der Waals surface area contributed by atoms with Crippen LogP contribution in [0.2, 0.25) is 5.82 Å². The number of hydrogen-bond acceptors (Lipinski definition) is 2. The van der Waals surface area contributed by atoms with Gasteiger partial charge in [-0.25, -0.2) is 0 Å². The third-order valence-electron chi connectivity index (χ3n) is 6.90. The van der Waals surface area contributed by atoms with Crippen molar-refractivity contribution in [2.24, 2.45) is 5.92 Å². The third-order valence-corrected chi connectivity index (χ3v) is 6.90. The van der Waals surface area contributed by atoms with Crippen LogP contribution in [0.25, 0.3) is 0 Å². The lowest BCUT2D eigenvalue weighted by Crippen LogP contribution is -2.41. The maximum absolute atomic E-state index is 6.43. The zero-order valence-corrected chi connectivity index (χ0v) is 17.3. The van der Waals surface area contributed by atoms with E-state index in [4.69, 9.17) is 9.31 Å². The summed E-state index contributed by atoms with van der Waals surface area (Å²) in [4.78, 5) is 0. The Balaban J connectivity index is 1.55. The summed E-state index contributed by atoms with van der Waals surface area (Å²) in [6.45, 7) is 8.70. The summed E-state index contributed by atoms with van der Waals surface area (Å²) >= 11 is 0. The van der Waals surface area contributed by atoms with Crippen molar-refractivity contribution in [1.29, 1.82) is 0 Å². The number of rotatable bonds is 8. The maximum Gasteiger partial charge on any atom is 0.461 e. The van der Waals surface area contributed by atoms with E-state index in [0.717, 1.165) is 5.92 Å². The Morgan fingerprint density at radius 2 is 1.58 bits per heavy atom. The lowest BCUT2D eigenvalue weighted by atomic mass is 9.65. The minimum absolute atomic E-state index is 0.0303. The van der Waals surface area contributed by atoms with E-state index in [9.17, 15) is 0 Å². The van der Waals surface area contributed by atoms with Crippen LogP contribution < -0.4 is 0 Å². The molecule has 0 aromatic heterocycles. The van der Waals surface area contributed by atoms with Crippen molar-refractivity contribution < 1.29 is 9.31 Å². The largest absolute Gasteiger partial charge is 0.461 e. The first-order chi connectivity index (χ1) is 12.4. The molecule has 1 aliphatic heterocycles. The fourth-order valence-electron chi connectivity index (χ4n) is 4.50. The molecular formula is C23H37BO2. The van der Waals surface area contributed by atoms with E-state index in [2.05, 4.69) is 58.0 Å². The molecule has 1 atom stereocenters. The van der Waals surface area contributed by atoms with Gasteiger partial charge >= 0.3 is 7.12 Å². The summed E-state index contributed by atoms with van der Waals surface area (Å²) < 4.78 is 12.9. The van der Waals surface area contributed by atoms with Crippen molar-refractivity contribution in [3.05, 3.63) is 35.9 Å². The van der Waals surface area contributed by atoms with Crippen LogP contribution in [0.15, 0.2) is 30.3 Å². The highest BCUT2D eigenvalue weighted by Crippen LogP contribution is 2.44. The molecule has 0 radical (unpaired) electrons. The normalized spacial score (nSPS) is 23.5. The van der Waals surface area contributed by atoms with Crippen molar-refractivity contribution in [1.82, 2.24) is 0 Å². The molecule has 2 aliphatic rings. The van der Waals surface area contributed by atoms with Crippen LogP contribution >= 0.6 is 0 Å². The predicted octanol–water partition coefficient (Wildman–Crippen LogP) is 6.44. The van der Waals surface area contributed by atoms with Gasteiger partial charge in [-0.15, -0.1) is 0 Å². The van der Waals surface area contributed by atoms with Gasteiger partial charge in [0.2, 0.25) is 0 Å².